The molecule has 3 N–H and O–H groups in total. The van der Waals surface area contributed by atoms with Gasteiger partial charge in [0.15, 0.2) is 11.5 Å². The van der Waals surface area contributed by atoms with Crippen molar-refractivity contribution in [2.24, 2.45) is 0 Å². The van der Waals surface area contributed by atoms with E-state index < -0.39 is 0 Å². The Hall–Kier alpha value is -3.02. The number of benzene rings is 2. The molecule has 0 spiro atoms. The van der Waals surface area contributed by atoms with Crippen LogP contribution in [0.3, 0.4) is 0 Å². The maximum atomic E-state index is 9.88. The normalized spacial score (nSPS) is 12.7. The van der Waals surface area contributed by atoms with Gasteiger partial charge in [0, 0.05) is 29.4 Å². The maximum Gasteiger partial charge on any atom is 0.161 e. The third-order valence-electron chi connectivity index (χ3n) is 4.01. The summed E-state index contributed by atoms with van der Waals surface area (Å²) < 4.78 is 5.18. The average Bonchev–Trinajstić information content (AvgIpc) is 3.02. The summed E-state index contributed by atoms with van der Waals surface area (Å²) in [5.41, 5.74) is 4.11. The Morgan fingerprint density at radius 3 is 3.00 bits per heavy atom. The van der Waals surface area contributed by atoms with Crippen LogP contribution in [0.5, 0.6) is 11.5 Å². The molecule has 23 heavy (non-hydrogen) atoms. The van der Waals surface area contributed by atoms with Gasteiger partial charge in [-0.05, 0) is 36.2 Å². The largest absolute Gasteiger partial charge is 0.504 e. The number of methoxy groups -OCH3 is 1. The highest BCUT2D eigenvalue weighted by molar-refractivity contribution is 5.93. The second-order valence-electron chi connectivity index (χ2n) is 5.44. The molecule has 0 radical (unpaired) electrons. The van der Waals surface area contributed by atoms with Gasteiger partial charge in [-0.2, -0.15) is 0 Å². The molecule has 0 unspecified atom stereocenters. The molecule has 3 aromatic rings. The zero-order chi connectivity index (χ0) is 15.8. The van der Waals surface area contributed by atoms with Gasteiger partial charge in [0.25, 0.3) is 0 Å². The molecule has 0 fully saturated rings. The van der Waals surface area contributed by atoms with Crippen LogP contribution in [0, 0.1) is 0 Å². The molecule has 6 nitrogen and oxygen atoms in total. The Balaban J connectivity index is 1.76. The van der Waals surface area contributed by atoms with Crippen LogP contribution in [0.1, 0.15) is 5.56 Å². The zero-order valence-corrected chi connectivity index (χ0v) is 12.6. The first-order chi connectivity index (χ1) is 11.2. The van der Waals surface area contributed by atoms with E-state index >= 15 is 0 Å². The molecule has 1 aliphatic heterocycles. The third-order valence-corrected chi connectivity index (χ3v) is 4.01. The molecular formula is C17H16N4O2. The molecule has 0 amide bonds. The number of ether oxygens (including phenoxy) is 1. The van der Waals surface area contributed by atoms with E-state index in [4.69, 9.17) is 4.74 Å². The fraction of sp³-hybridized carbons (Fsp3) is 0.176. The minimum atomic E-state index is 0.0632. The van der Waals surface area contributed by atoms with Gasteiger partial charge >= 0.3 is 0 Å². The maximum absolute atomic E-state index is 9.88. The summed E-state index contributed by atoms with van der Waals surface area (Å²) in [5.74, 6) is 1.14. The van der Waals surface area contributed by atoms with Crippen molar-refractivity contribution in [3.05, 3.63) is 42.2 Å². The lowest BCUT2D eigenvalue weighted by molar-refractivity contribution is 0.374. The van der Waals surface area contributed by atoms with Crippen molar-refractivity contribution in [3.8, 4) is 11.5 Å². The second kappa shape index (κ2) is 5.31. The van der Waals surface area contributed by atoms with Crippen molar-refractivity contribution in [1.82, 2.24) is 9.97 Å². The van der Waals surface area contributed by atoms with Crippen molar-refractivity contribution in [2.75, 3.05) is 24.3 Å². The summed E-state index contributed by atoms with van der Waals surface area (Å²) in [6.07, 6.45) is 2.50. The van der Waals surface area contributed by atoms with Crippen molar-refractivity contribution < 1.29 is 9.84 Å². The molecule has 0 saturated heterocycles. The van der Waals surface area contributed by atoms with E-state index in [1.807, 2.05) is 6.07 Å². The number of nitrogens with one attached hydrogen (secondary N) is 2. The number of aromatic nitrogens is 2. The van der Waals surface area contributed by atoms with E-state index in [-0.39, 0.29) is 5.75 Å². The first kappa shape index (κ1) is 13.6. The first-order valence-electron chi connectivity index (χ1n) is 7.40. The molecule has 6 heteroatoms. The van der Waals surface area contributed by atoms with Gasteiger partial charge in [-0.3, -0.25) is 0 Å². The third kappa shape index (κ3) is 2.38. The van der Waals surface area contributed by atoms with Gasteiger partial charge in [-0.1, -0.05) is 0 Å². The lowest BCUT2D eigenvalue weighted by Gasteiger charge is -2.11. The zero-order valence-electron chi connectivity index (χ0n) is 12.6. The summed E-state index contributed by atoms with van der Waals surface area (Å²) in [6.45, 7) is 0.978. The van der Waals surface area contributed by atoms with Gasteiger partial charge in [0.2, 0.25) is 0 Å². The molecule has 2 heterocycles. The van der Waals surface area contributed by atoms with Gasteiger partial charge < -0.3 is 20.5 Å². The summed E-state index contributed by atoms with van der Waals surface area (Å²) in [7, 11) is 1.52. The Labute approximate surface area is 133 Å². The van der Waals surface area contributed by atoms with Crippen LogP contribution in [0.4, 0.5) is 17.2 Å². The van der Waals surface area contributed by atoms with Gasteiger partial charge in [-0.15, -0.1) is 0 Å². The van der Waals surface area contributed by atoms with E-state index in [9.17, 15) is 5.11 Å². The smallest absolute Gasteiger partial charge is 0.161 e. The van der Waals surface area contributed by atoms with E-state index in [1.54, 1.807) is 12.1 Å². The molecule has 0 bridgehead atoms. The minimum absolute atomic E-state index is 0.0632. The number of phenolic OH excluding ortho intramolecular Hbond substituents is 1. The number of fused-ring (bicyclic) bond motifs is 2. The molecule has 116 valence electrons. The number of rotatable bonds is 3. The SMILES string of the molecule is COc1cc2c(Nc3ccc4c(c3)CCN4)ncnc2cc1O. The minimum Gasteiger partial charge on any atom is -0.504 e. The summed E-state index contributed by atoms with van der Waals surface area (Å²) in [6, 6.07) is 9.53. The van der Waals surface area contributed by atoms with Crippen LogP contribution < -0.4 is 15.4 Å². The quantitative estimate of drug-likeness (QED) is 0.690. The Kier molecular flexibility index (Phi) is 3.15. The van der Waals surface area contributed by atoms with Crippen LogP contribution in [0.15, 0.2) is 36.7 Å². The van der Waals surface area contributed by atoms with Crippen LogP contribution in [0.25, 0.3) is 10.9 Å². The number of nitrogens with zero attached hydrogens (tertiary/aromatic N) is 2. The number of hydrogen-bond donors (Lipinski definition) is 3. The fourth-order valence-electron chi connectivity index (χ4n) is 2.85. The molecular weight excluding hydrogens is 292 g/mol. The van der Waals surface area contributed by atoms with E-state index in [2.05, 4.69) is 32.7 Å². The number of anilines is 3. The Bertz CT molecular complexity index is 895. The monoisotopic (exact) mass is 308 g/mol. The van der Waals surface area contributed by atoms with Crippen LogP contribution >= 0.6 is 0 Å². The molecule has 1 aromatic heterocycles. The highest BCUT2D eigenvalue weighted by Gasteiger charge is 2.12. The van der Waals surface area contributed by atoms with Gasteiger partial charge in [0.05, 0.1) is 12.6 Å². The predicted octanol–water partition coefficient (Wildman–Crippen LogP) is 3.06. The Morgan fingerprint density at radius 2 is 2.13 bits per heavy atom. The van der Waals surface area contributed by atoms with E-state index in [0.29, 0.717) is 17.1 Å². The highest BCUT2D eigenvalue weighted by Crippen LogP contribution is 2.34. The number of aromatic hydroxyl groups is 1. The van der Waals surface area contributed by atoms with Crippen molar-refractivity contribution in [3.63, 3.8) is 0 Å². The lowest BCUT2D eigenvalue weighted by Crippen LogP contribution is -1.97. The average molecular weight is 308 g/mol. The highest BCUT2D eigenvalue weighted by atomic mass is 16.5. The summed E-state index contributed by atoms with van der Waals surface area (Å²) in [4.78, 5) is 8.53. The molecule has 0 aliphatic carbocycles. The molecule has 4 rings (SSSR count). The predicted molar refractivity (Wildman–Crippen MR) is 89.7 cm³/mol. The summed E-state index contributed by atoms with van der Waals surface area (Å²) in [5, 5.41) is 17.4. The first-order valence-corrected chi connectivity index (χ1v) is 7.40. The molecule has 0 saturated carbocycles. The van der Waals surface area contributed by atoms with Crippen LogP contribution in [-0.4, -0.2) is 28.7 Å². The standard InChI is InChI=1S/C17H16N4O2/c1-23-16-7-12-14(8-15(16)22)19-9-20-17(12)21-11-2-3-13-10(6-11)4-5-18-13/h2-3,6-9,18,22H,4-5H2,1H3,(H,19,20,21). The summed E-state index contributed by atoms with van der Waals surface area (Å²) >= 11 is 0. The van der Waals surface area contributed by atoms with Crippen LogP contribution in [-0.2, 0) is 6.42 Å². The molecule has 1 aliphatic rings. The van der Waals surface area contributed by atoms with Crippen molar-refractivity contribution >= 4 is 28.1 Å². The van der Waals surface area contributed by atoms with Crippen LogP contribution in [0.2, 0.25) is 0 Å². The number of hydrogen-bond acceptors (Lipinski definition) is 6. The molecule has 0 atom stereocenters. The topological polar surface area (TPSA) is 79.3 Å². The fourth-order valence-corrected chi connectivity index (χ4v) is 2.85. The van der Waals surface area contributed by atoms with Gasteiger partial charge in [-0.25, -0.2) is 9.97 Å². The molecule has 2 aromatic carbocycles. The second-order valence-corrected chi connectivity index (χ2v) is 5.44. The van der Waals surface area contributed by atoms with Gasteiger partial charge in [0.1, 0.15) is 12.1 Å². The number of phenols is 1. The van der Waals surface area contributed by atoms with Crippen molar-refractivity contribution in [2.45, 2.75) is 6.42 Å². The lowest BCUT2D eigenvalue weighted by atomic mass is 10.1. The van der Waals surface area contributed by atoms with E-state index in [1.165, 1.54) is 24.7 Å². The van der Waals surface area contributed by atoms with E-state index in [0.717, 1.165) is 24.0 Å². The Morgan fingerprint density at radius 1 is 1.22 bits per heavy atom. The van der Waals surface area contributed by atoms with Crippen molar-refractivity contribution in [1.29, 1.82) is 0 Å².